The number of benzene rings is 2. The monoisotopic (exact) mass is 409 g/mol. The molecule has 7 heteroatoms. The molecule has 0 saturated carbocycles. The van der Waals surface area contributed by atoms with Gasteiger partial charge in [0.15, 0.2) is 5.17 Å². The van der Waals surface area contributed by atoms with Gasteiger partial charge in [0.2, 0.25) is 0 Å². The Morgan fingerprint density at radius 1 is 1.18 bits per heavy atom. The first-order valence-corrected chi connectivity index (χ1v) is 10.3. The minimum Gasteiger partial charge on any atom is -0.497 e. The number of rotatable bonds is 4. The topological polar surface area (TPSA) is 45.1 Å². The predicted molar refractivity (Wildman–Crippen MR) is 117 cm³/mol. The molecule has 2 aliphatic heterocycles. The van der Waals surface area contributed by atoms with Crippen molar-refractivity contribution in [2.45, 2.75) is 4.90 Å². The van der Waals surface area contributed by atoms with Crippen molar-refractivity contribution in [2.24, 2.45) is 4.99 Å². The molecular formula is C21H19N3O2S2. The number of hydrogen-bond acceptors (Lipinski definition) is 6. The van der Waals surface area contributed by atoms with Gasteiger partial charge >= 0.3 is 0 Å². The molecule has 0 unspecified atom stereocenters. The van der Waals surface area contributed by atoms with E-state index < -0.39 is 0 Å². The molecule has 0 aromatic heterocycles. The molecule has 0 atom stereocenters. The Morgan fingerprint density at radius 3 is 2.68 bits per heavy atom. The average Bonchev–Trinajstić information content (AvgIpc) is 3.20. The van der Waals surface area contributed by atoms with Crippen molar-refractivity contribution in [1.82, 2.24) is 4.90 Å². The van der Waals surface area contributed by atoms with E-state index in [0.29, 0.717) is 16.6 Å². The van der Waals surface area contributed by atoms with E-state index in [2.05, 4.69) is 11.6 Å². The average molecular weight is 410 g/mol. The maximum absolute atomic E-state index is 13.2. The highest BCUT2D eigenvalue weighted by atomic mass is 32.2. The fourth-order valence-corrected chi connectivity index (χ4v) is 5.31. The predicted octanol–water partition coefficient (Wildman–Crippen LogP) is 4.86. The number of amidine groups is 1. The Labute approximate surface area is 172 Å². The van der Waals surface area contributed by atoms with E-state index in [1.54, 1.807) is 29.8 Å². The number of methoxy groups -OCH3 is 1. The van der Waals surface area contributed by atoms with E-state index in [-0.39, 0.29) is 5.91 Å². The summed E-state index contributed by atoms with van der Waals surface area (Å²) in [5, 5.41) is 1.58. The Hall–Kier alpha value is -2.64. The summed E-state index contributed by atoms with van der Waals surface area (Å²) in [5.74, 6) is 0.746. The molecule has 0 radical (unpaired) electrons. The zero-order valence-electron chi connectivity index (χ0n) is 15.6. The number of hydrogen-bond donors (Lipinski definition) is 0. The molecule has 0 bridgehead atoms. The van der Waals surface area contributed by atoms with Crippen molar-refractivity contribution in [3.8, 4) is 5.75 Å². The summed E-state index contributed by atoms with van der Waals surface area (Å²) in [7, 11) is 3.62. The van der Waals surface area contributed by atoms with Crippen LogP contribution in [0.2, 0.25) is 0 Å². The van der Waals surface area contributed by atoms with Crippen LogP contribution < -0.4 is 9.64 Å². The molecule has 1 fully saturated rings. The Kier molecular flexibility index (Phi) is 5.19. The smallest absolute Gasteiger partial charge is 0.269 e. The maximum atomic E-state index is 13.2. The summed E-state index contributed by atoms with van der Waals surface area (Å²) < 4.78 is 5.34. The minimum atomic E-state index is -0.0475. The van der Waals surface area contributed by atoms with Gasteiger partial charge in [-0.05, 0) is 36.0 Å². The normalized spacial score (nSPS) is 20.1. The van der Waals surface area contributed by atoms with Crippen LogP contribution >= 0.6 is 23.5 Å². The van der Waals surface area contributed by atoms with Gasteiger partial charge in [-0.3, -0.25) is 9.69 Å². The van der Waals surface area contributed by atoms with E-state index >= 15 is 0 Å². The van der Waals surface area contributed by atoms with Gasteiger partial charge in [0.1, 0.15) is 10.7 Å². The summed E-state index contributed by atoms with van der Waals surface area (Å²) in [6.07, 6.45) is 1.72. The fourth-order valence-electron chi connectivity index (χ4n) is 2.97. The molecule has 5 nitrogen and oxygen atoms in total. The highest BCUT2D eigenvalue weighted by molar-refractivity contribution is 8.19. The van der Waals surface area contributed by atoms with Gasteiger partial charge in [-0.1, -0.05) is 36.0 Å². The SMILES string of the molecule is C=CCN1C(=O)C(=C2Sc3ccc(OC)cc3N2C)SC1=Nc1ccccc1. The Balaban J connectivity index is 1.73. The summed E-state index contributed by atoms with van der Waals surface area (Å²) in [6.45, 7) is 4.21. The number of fused-ring (bicyclic) bond motifs is 1. The highest BCUT2D eigenvalue weighted by Gasteiger charge is 2.38. The van der Waals surface area contributed by atoms with Gasteiger partial charge in [-0.25, -0.2) is 4.99 Å². The lowest BCUT2D eigenvalue weighted by molar-refractivity contribution is -0.121. The first-order chi connectivity index (χ1) is 13.6. The number of anilines is 1. The standard InChI is InChI=1S/C21H19N3O2S2/c1-4-12-24-19(25)18(28-21(24)22-14-8-6-5-7-9-14)20-23(2)16-13-15(26-3)10-11-17(16)27-20/h4-11,13H,1,12H2,2-3H3. The summed E-state index contributed by atoms with van der Waals surface area (Å²) >= 11 is 3.00. The van der Waals surface area contributed by atoms with E-state index in [9.17, 15) is 4.79 Å². The van der Waals surface area contributed by atoms with Crippen molar-refractivity contribution >= 4 is 46.0 Å². The van der Waals surface area contributed by atoms with E-state index in [0.717, 1.165) is 27.0 Å². The number of thioether (sulfide) groups is 2. The van der Waals surface area contributed by atoms with Crippen LogP contribution in [0.25, 0.3) is 0 Å². The molecule has 1 saturated heterocycles. The lowest BCUT2D eigenvalue weighted by atomic mass is 10.3. The zero-order valence-corrected chi connectivity index (χ0v) is 17.2. The second-order valence-electron chi connectivity index (χ2n) is 6.17. The van der Waals surface area contributed by atoms with Gasteiger partial charge in [-0.15, -0.1) is 6.58 Å². The third kappa shape index (κ3) is 3.31. The van der Waals surface area contributed by atoms with Crippen LogP contribution in [0.3, 0.4) is 0 Å². The Bertz CT molecular complexity index is 1000. The molecule has 1 amide bonds. The van der Waals surface area contributed by atoms with Gasteiger partial charge in [-0.2, -0.15) is 0 Å². The third-order valence-electron chi connectivity index (χ3n) is 4.39. The van der Waals surface area contributed by atoms with E-state index in [1.165, 1.54) is 11.8 Å². The third-order valence-corrected chi connectivity index (χ3v) is 6.82. The van der Waals surface area contributed by atoms with Crippen LogP contribution in [0, 0.1) is 0 Å². The number of amides is 1. The number of nitrogens with zero attached hydrogens (tertiary/aromatic N) is 3. The van der Waals surface area contributed by atoms with Crippen LogP contribution in [0.1, 0.15) is 0 Å². The molecule has 2 aliphatic rings. The van der Waals surface area contributed by atoms with Gasteiger partial charge in [0, 0.05) is 24.6 Å². The molecule has 2 heterocycles. The van der Waals surface area contributed by atoms with Crippen LogP contribution in [-0.2, 0) is 4.79 Å². The van der Waals surface area contributed by atoms with Crippen molar-refractivity contribution in [2.75, 3.05) is 25.6 Å². The summed E-state index contributed by atoms with van der Waals surface area (Å²) in [6, 6.07) is 15.6. The number of aliphatic imine (C=N–C) groups is 1. The number of para-hydroxylation sites is 1. The van der Waals surface area contributed by atoms with E-state index in [1.807, 2.05) is 60.5 Å². The number of carbonyl (C=O) groups excluding carboxylic acids is 1. The van der Waals surface area contributed by atoms with Crippen molar-refractivity contribution in [3.63, 3.8) is 0 Å². The quantitative estimate of drug-likeness (QED) is 0.533. The first kappa shape index (κ1) is 18.7. The Morgan fingerprint density at radius 2 is 1.96 bits per heavy atom. The van der Waals surface area contributed by atoms with Crippen molar-refractivity contribution in [3.05, 3.63) is 71.1 Å². The molecule has 0 aliphatic carbocycles. The molecule has 142 valence electrons. The first-order valence-electron chi connectivity index (χ1n) is 8.70. The molecule has 2 aromatic carbocycles. The molecule has 0 spiro atoms. The number of carbonyl (C=O) groups is 1. The van der Waals surface area contributed by atoms with Gasteiger partial charge in [0.25, 0.3) is 5.91 Å². The van der Waals surface area contributed by atoms with Crippen LogP contribution in [0.15, 0.2) is 81.0 Å². The van der Waals surface area contributed by atoms with Crippen LogP contribution in [-0.4, -0.2) is 36.7 Å². The van der Waals surface area contributed by atoms with Crippen molar-refractivity contribution < 1.29 is 9.53 Å². The lowest BCUT2D eigenvalue weighted by Gasteiger charge is -2.15. The number of ether oxygens (including phenoxy) is 1. The largest absolute Gasteiger partial charge is 0.497 e. The zero-order chi connectivity index (χ0) is 19.7. The highest BCUT2D eigenvalue weighted by Crippen LogP contribution is 2.51. The minimum absolute atomic E-state index is 0.0475. The summed E-state index contributed by atoms with van der Waals surface area (Å²) in [4.78, 5) is 23.3. The molecular weight excluding hydrogens is 390 g/mol. The second kappa shape index (κ2) is 7.77. The van der Waals surface area contributed by atoms with Crippen LogP contribution in [0.4, 0.5) is 11.4 Å². The maximum Gasteiger partial charge on any atom is 0.269 e. The molecule has 0 N–H and O–H groups in total. The van der Waals surface area contributed by atoms with E-state index in [4.69, 9.17) is 4.74 Å². The molecule has 2 aromatic rings. The fraction of sp³-hybridized carbons (Fsp3) is 0.143. The lowest BCUT2D eigenvalue weighted by Crippen LogP contribution is -2.29. The van der Waals surface area contributed by atoms with Crippen molar-refractivity contribution in [1.29, 1.82) is 0 Å². The second-order valence-corrected chi connectivity index (χ2v) is 8.17. The van der Waals surface area contributed by atoms with Gasteiger partial charge < -0.3 is 9.64 Å². The molecule has 4 rings (SSSR count). The van der Waals surface area contributed by atoms with Gasteiger partial charge in [0.05, 0.1) is 23.5 Å². The van der Waals surface area contributed by atoms with Crippen LogP contribution in [0.5, 0.6) is 5.75 Å². The molecule has 28 heavy (non-hydrogen) atoms. The summed E-state index contributed by atoms with van der Waals surface area (Å²) in [5.41, 5.74) is 1.85.